The second kappa shape index (κ2) is 4.89. The third-order valence-electron chi connectivity index (χ3n) is 3.78. The van der Waals surface area contributed by atoms with Crippen LogP contribution in [0.3, 0.4) is 0 Å². The van der Waals surface area contributed by atoms with E-state index in [-0.39, 0.29) is 11.9 Å². The van der Waals surface area contributed by atoms with Gasteiger partial charge in [0.25, 0.3) is 5.91 Å². The molecule has 1 aromatic rings. The van der Waals surface area contributed by atoms with Crippen LogP contribution in [0.4, 0.5) is 4.79 Å². The Balaban J connectivity index is 1.79. The standard InChI is InChI=1S/C14H16N2O2S/c17-12-14(6-8-19-9-7-14)15-13(18)16(12)10-11-4-2-1-3-5-11/h1-5H,6-10H2,(H,15,18). The molecule has 1 aromatic carbocycles. The van der Waals surface area contributed by atoms with E-state index in [1.165, 1.54) is 4.90 Å². The van der Waals surface area contributed by atoms with Crippen molar-refractivity contribution < 1.29 is 9.59 Å². The molecule has 19 heavy (non-hydrogen) atoms. The third-order valence-corrected chi connectivity index (χ3v) is 4.76. The maximum absolute atomic E-state index is 12.5. The van der Waals surface area contributed by atoms with E-state index in [1.807, 2.05) is 42.1 Å². The Kier molecular flexibility index (Phi) is 3.22. The summed E-state index contributed by atoms with van der Waals surface area (Å²) >= 11 is 1.84. The molecule has 2 saturated heterocycles. The van der Waals surface area contributed by atoms with Gasteiger partial charge in [0.2, 0.25) is 0 Å². The van der Waals surface area contributed by atoms with Crippen LogP contribution < -0.4 is 5.32 Å². The number of carbonyl (C=O) groups is 2. The number of urea groups is 1. The molecule has 0 saturated carbocycles. The van der Waals surface area contributed by atoms with Crippen molar-refractivity contribution in [3.05, 3.63) is 35.9 Å². The van der Waals surface area contributed by atoms with E-state index in [0.29, 0.717) is 6.54 Å². The van der Waals surface area contributed by atoms with Gasteiger partial charge >= 0.3 is 6.03 Å². The number of nitrogens with zero attached hydrogens (tertiary/aromatic N) is 1. The van der Waals surface area contributed by atoms with E-state index in [2.05, 4.69) is 5.32 Å². The van der Waals surface area contributed by atoms with Crippen LogP contribution in [0.15, 0.2) is 30.3 Å². The summed E-state index contributed by atoms with van der Waals surface area (Å²) in [5.41, 5.74) is 0.352. The maximum atomic E-state index is 12.5. The zero-order chi connectivity index (χ0) is 13.3. The van der Waals surface area contributed by atoms with Gasteiger partial charge in [0.1, 0.15) is 5.54 Å². The van der Waals surface area contributed by atoms with Gasteiger partial charge in [-0.15, -0.1) is 0 Å². The Morgan fingerprint density at radius 1 is 1.16 bits per heavy atom. The average molecular weight is 276 g/mol. The number of rotatable bonds is 2. The fourth-order valence-electron chi connectivity index (χ4n) is 2.64. The lowest BCUT2D eigenvalue weighted by molar-refractivity contribution is -0.132. The smallest absolute Gasteiger partial charge is 0.323 e. The molecule has 0 bridgehead atoms. The third kappa shape index (κ3) is 2.23. The quantitative estimate of drug-likeness (QED) is 0.841. The van der Waals surface area contributed by atoms with Gasteiger partial charge < -0.3 is 5.32 Å². The lowest BCUT2D eigenvalue weighted by Crippen LogP contribution is -2.49. The predicted molar refractivity (Wildman–Crippen MR) is 74.8 cm³/mol. The molecule has 0 aromatic heterocycles. The number of nitrogens with one attached hydrogen (secondary N) is 1. The van der Waals surface area contributed by atoms with Gasteiger partial charge in [0.15, 0.2) is 0 Å². The molecule has 4 nitrogen and oxygen atoms in total. The number of hydrogen-bond acceptors (Lipinski definition) is 3. The van der Waals surface area contributed by atoms with Crippen LogP contribution in [0.25, 0.3) is 0 Å². The topological polar surface area (TPSA) is 49.4 Å². The lowest BCUT2D eigenvalue weighted by Gasteiger charge is -2.30. The SMILES string of the molecule is O=C1NC2(CCSCC2)C(=O)N1Cc1ccccc1. The van der Waals surface area contributed by atoms with Crippen molar-refractivity contribution >= 4 is 23.7 Å². The van der Waals surface area contributed by atoms with Gasteiger partial charge in [0.05, 0.1) is 6.54 Å². The molecule has 3 amide bonds. The molecule has 1 N–H and O–H groups in total. The van der Waals surface area contributed by atoms with Gasteiger partial charge in [0, 0.05) is 0 Å². The van der Waals surface area contributed by atoms with Crippen molar-refractivity contribution in [3.63, 3.8) is 0 Å². The van der Waals surface area contributed by atoms with E-state index in [0.717, 1.165) is 29.9 Å². The number of carbonyl (C=O) groups excluding carboxylic acids is 2. The van der Waals surface area contributed by atoms with E-state index in [4.69, 9.17) is 0 Å². The van der Waals surface area contributed by atoms with Crippen molar-refractivity contribution in [1.29, 1.82) is 0 Å². The van der Waals surface area contributed by atoms with Crippen LogP contribution in [-0.4, -0.2) is 33.9 Å². The van der Waals surface area contributed by atoms with E-state index >= 15 is 0 Å². The number of hydrogen-bond donors (Lipinski definition) is 1. The van der Waals surface area contributed by atoms with Gasteiger partial charge in [-0.05, 0) is 29.9 Å². The van der Waals surface area contributed by atoms with Crippen molar-refractivity contribution in [2.24, 2.45) is 0 Å². The largest absolute Gasteiger partial charge is 0.325 e. The zero-order valence-corrected chi connectivity index (χ0v) is 11.4. The van der Waals surface area contributed by atoms with E-state index in [9.17, 15) is 9.59 Å². The molecule has 2 aliphatic heterocycles. The summed E-state index contributed by atoms with van der Waals surface area (Å²) in [5.74, 6) is 1.82. The number of benzene rings is 1. The minimum Gasteiger partial charge on any atom is -0.323 e. The Bertz CT molecular complexity index is 497. The van der Waals surface area contributed by atoms with Crippen molar-refractivity contribution in [3.8, 4) is 0 Å². The molecule has 0 unspecified atom stereocenters. The number of imide groups is 1. The molecule has 1 spiro atoms. The summed E-state index contributed by atoms with van der Waals surface area (Å²) in [7, 11) is 0. The summed E-state index contributed by atoms with van der Waals surface area (Å²) in [6, 6.07) is 9.38. The van der Waals surface area contributed by atoms with Crippen LogP contribution >= 0.6 is 11.8 Å². The van der Waals surface area contributed by atoms with Gasteiger partial charge in [-0.25, -0.2) is 4.79 Å². The zero-order valence-electron chi connectivity index (χ0n) is 10.6. The highest BCUT2D eigenvalue weighted by Gasteiger charge is 2.51. The summed E-state index contributed by atoms with van der Waals surface area (Å²) < 4.78 is 0. The first kappa shape index (κ1) is 12.5. The van der Waals surface area contributed by atoms with Gasteiger partial charge in [-0.3, -0.25) is 9.69 Å². The molecule has 2 heterocycles. The van der Waals surface area contributed by atoms with Crippen molar-refractivity contribution in [2.75, 3.05) is 11.5 Å². The van der Waals surface area contributed by atoms with Gasteiger partial charge in [-0.1, -0.05) is 30.3 Å². The molecule has 0 radical (unpaired) electrons. The first-order valence-electron chi connectivity index (χ1n) is 6.47. The van der Waals surface area contributed by atoms with Crippen LogP contribution in [-0.2, 0) is 11.3 Å². The fraction of sp³-hybridized carbons (Fsp3) is 0.429. The second-order valence-electron chi connectivity index (χ2n) is 5.00. The monoisotopic (exact) mass is 276 g/mol. The van der Waals surface area contributed by atoms with E-state index < -0.39 is 5.54 Å². The highest BCUT2D eigenvalue weighted by Crippen LogP contribution is 2.33. The highest BCUT2D eigenvalue weighted by molar-refractivity contribution is 7.99. The minimum absolute atomic E-state index is 0.0540. The Labute approximate surface area is 116 Å². The molecule has 100 valence electrons. The Morgan fingerprint density at radius 2 is 1.84 bits per heavy atom. The van der Waals surface area contributed by atoms with Crippen LogP contribution in [0.1, 0.15) is 18.4 Å². The van der Waals surface area contributed by atoms with Crippen LogP contribution in [0.2, 0.25) is 0 Å². The van der Waals surface area contributed by atoms with Crippen molar-refractivity contribution in [1.82, 2.24) is 10.2 Å². The molecule has 2 aliphatic rings. The molecular formula is C14H16N2O2S. The van der Waals surface area contributed by atoms with Crippen LogP contribution in [0.5, 0.6) is 0 Å². The summed E-state index contributed by atoms with van der Waals surface area (Å²) in [5, 5.41) is 2.91. The average Bonchev–Trinajstić information content (AvgIpc) is 2.66. The number of thioether (sulfide) groups is 1. The molecule has 0 atom stereocenters. The Morgan fingerprint density at radius 3 is 2.53 bits per heavy atom. The van der Waals surface area contributed by atoms with E-state index in [1.54, 1.807) is 0 Å². The fourth-order valence-corrected chi connectivity index (χ4v) is 3.83. The molecule has 2 fully saturated rings. The summed E-state index contributed by atoms with van der Waals surface area (Å²) in [6.45, 7) is 0.362. The lowest BCUT2D eigenvalue weighted by atomic mass is 9.92. The summed E-state index contributed by atoms with van der Waals surface area (Å²) in [4.78, 5) is 25.9. The number of amides is 3. The van der Waals surface area contributed by atoms with Crippen LogP contribution in [0, 0.1) is 0 Å². The second-order valence-corrected chi connectivity index (χ2v) is 6.23. The Hall–Kier alpha value is -1.49. The predicted octanol–water partition coefficient (Wildman–Crippen LogP) is 2.00. The first-order valence-corrected chi connectivity index (χ1v) is 7.63. The molecule has 5 heteroatoms. The van der Waals surface area contributed by atoms with Gasteiger partial charge in [-0.2, -0.15) is 11.8 Å². The maximum Gasteiger partial charge on any atom is 0.325 e. The highest BCUT2D eigenvalue weighted by atomic mass is 32.2. The summed E-state index contributed by atoms with van der Waals surface area (Å²) in [6.07, 6.45) is 1.49. The normalized spacial score (nSPS) is 21.8. The first-order chi connectivity index (χ1) is 9.21. The minimum atomic E-state index is -0.628. The molecular weight excluding hydrogens is 260 g/mol. The molecule has 0 aliphatic carbocycles. The molecule has 3 rings (SSSR count). The van der Waals surface area contributed by atoms with Crippen molar-refractivity contribution in [2.45, 2.75) is 24.9 Å².